The van der Waals surface area contributed by atoms with Crippen molar-refractivity contribution in [2.75, 3.05) is 0 Å². The minimum atomic E-state index is 1.12. The zero-order chi connectivity index (χ0) is 10.5. The molecule has 0 nitrogen and oxygen atoms in total. The molecule has 1 heterocycles. The first kappa shape index (κ1) is 10.4. The van der Waals surface area contributed by atoms with Gasteiger partial charge in [-0.25, -0.2) is 0 Å². The van der Waals surface area contributed by atoms with Crippen LogP contribution in [0.15, 0.2) is 46.7 Å². The van der Waals surface area contributed by atoms with E-state index in [-0.39, 0.29) is 0 Å². The third-order valence-electron chi connectivity index (χ3n) is 1.89. The first-order chi connectivity index (χ1) is 7.34. The minimum absolute atomic E-state index is 1.12. The summed E-state index contributed by atoms with van der Waals surface area (Å²) in [5.74, 6) is 3.12. The number of thiophene rings is 1. The zero-order valence-corrected chi connectivity index (χ0v) is 9.99. The molecule has 2 rings (SSSR count). The van der Waals surface area contributed by atoms with Crippen molar-refractivity contribution in [1.82, 2.24) is 0 Å². The summed E-state index contributed by atoms with van der Waals surface area (Å²) in [6.07, 6.45) is 0. The number of hydrogen-bond acceptors (Lipinski definition) is 2. The van der Waals surface area contributed by atoms with Crippen LogP contribution in [0.25, 0.3) is 0 Å². The second-order valence-electron chi connectivity index (χ2n) is 3.12. The predicted octanol–water partition coefficient (Wildman–Crippen LogP) is 4.16. The van der Waals surface area contributed by atoms with Crippen molar-refractivity contribution in [1.29, 1.82) is 0 Å². The van der Waals surface area contributed by atoms with Crippen molar-refractivity contribution in [2.45, 2.75) is 11.8 Å². The molecule has 0 atom stereocenters. The molecule has 1 aromatic heterocycles. The van der Waals surface area contributed by atoms with E-state index >= 15 is 0 Å². The van der Waals surface area contributed by atoms with Gasteiger partial charge in [0.25, 0.3) is 0 Å². The summed E-state index contributed by atoms with van der Waals surface area (Å²) in [4.78, 5) is 2.32. The van der Waals surface area contributed by atoms with Crippen LogP contribution in [-0.2, 0) is 0 Å². The fourth-order valence-corrected chi connectivity index (χ4v) is 2.28. The predicted molar refractivity (Wildman–Crippen MR) is 68.2 cm³/mol. The van der Waals surface area contributed by atoms with Crippen molar-refractivity contribution in [2.24, 2.45) is 0 Å². The van der Waals surface area contributed by atoms with Crippen molar-refractivity contribution >= 4 is 23.1 Å². The lowest BCUT2D eigenvalue weighted by Gasteiger charge is -1.93. The van der Waals surface area contributed by atoms with E-state index in [0.717, 1.165) is 4.88 Å². The molecule has 74 valence electrons. The molecule has 0 aliphatic heterocycles. The van der Waals surface area contributed by atoms with Crippen LogP contribution in [-0.4, -0.2) is 0 Å². The Morgan fingerprint density at radius 1 is 1.13 bits per heavy atom. The number of benzene rings is 1. The first-order valence-corrected chi connectivity index (χ1v) is 6.32. The molecule has 0 saturated heterocycles. The average Bonchev–Trinajstić information content (AvgIpc) is 2.74. The summed E-state index contributed by atoms with van der Waals surface area (Å²) >= 11 is 3.25. The van der Waals surface area contributed by atoms with Crippen LogP contribution in [0, 0.1) is 18.1 Å². The van der Waals surface area contributed by atoms with Crippen LogP contribution in [0.1, 0.15) is 10.4 Å². The molecule has 2 aromatic rings. The van der Waals surface area contributed by atoms with Crippen LogP contribution < -0.4 is 0 Å². The molecule has 0 saturated carbocycles. The van der Waals surface area contributed by atoms with E-state index in [0.29, 0.717) is 0 Å². The van der Waals surface area contributed by atoms with E-state index in [4.69, 9.17) is 0 Å². The molecule has 0 unspecified atom stereocenters. The monoisotopic (exact) mass is 230 g/mol. The maximum absolute atomic E-state index is 3.12. The molecule has 0 aliphatic rings. The topological polar surface area (TPSA) is 0 Å². The van der Waals surface area contributed by atoms with Crippen LogP contribution in [0.3, 0.4) is 0 Å². The Labute approximate surface area is 98.3 Å². The number of thioether (sulfide) groups is 1. The number of aryl methyl sites for hydroxylation is 1. The van der Waals surface area contributed by atoms with E-state index in [1.165, 1.54) is 10.5 Å². The van der Waals surface area contributed by atoms with E-state index in [9.17, 15) is 0 Å². The van der Waals surface area contributed by atoms with Gasteiger partial charge in [0.15, 0.2) is 0 Å². The minimum Gasteiger partial charge on any atom is -0.135 e. The normalized spacial score (nSPS) is 9.40. The Morgan fingerprint density at radius 3 is 2.60 bits per heavy atom. The largest absolute Gasteiger partial charge is 0.135 e. The van der Waals surface area contributed by atoms with Gasteiger partial charge in [0.2, 0.25) is 0 Å². The molecule has 0 N–H and O–H groups in total. The lowest BCUT2D eigenvalue weighted by molar-refractivity contribution is 1.38. The van der Waals surface area contributed by atoms with Crippen LogP contribution in [0.4, 0.5) is 0 Å². The van der Waals surface area contributed by atoms with Gasteiger partial charge < -0.3 is 0 Å². The highest BCUT2D eigenvalue weighted by atomic mass is 32.2. The van der Waals surface area contributed by atoms with Crippen molar-refractivity contribution in [3.8, 4) is 11.2 Å². The maximum atomic E-state index is 3.12. The summed E-state index contributed by atoms with van der Waals surface area (Å²) in [7, 11) is 0. The second-order valence-corrected chi connectivity index (χ2v) is 4.95. The molecular weight excluding hydrogens is 220 g/mol. The van der Waals surface area contributed by atoms with Crippen molar-refractivity contribution in [3.05, 3.63) is 52.2 Å². The molecule has 0 spiro atoms. The fraction of sp³-hybridized carbons (Fsp3) is 0.0769. The van der Waals surface area contributed by atoms with Crippen LogP contribution >= 0.6 is 23.1 Å². The van der Waals surface area contributed by atoms with Gasteiger partial charge in [-0.15, -0.1) is 11.3 Å². The first-order valence-electron chi connectivity index (χ1n) is 4.62. The van der Waals surface area contributed by atoms with Gasteiger partial charge >= 0.3 is 0 Å². The second kappa shape index (κ2) is 5.06. The van der Waals surface area contributed by atoms with Gasteiger partial charge in [-0.1, -0.05) is 23.8 Å². The third kappa shape index (κ3) is 3.16. The molecule has 0 amide bonds. The lowest BCUT2D eigenvalue weighted by Crippen LogP contribution is -1.70. The van der Waals surface area contributed by atoms with Crippen molar-refractivity contribution < 1.29 is 0 Å². The summed E-state index contributed by atoms with van der Waals surface area (Å²) in [5.41, 5.74) is 1.28. The molecule has 0 bridgehead atoms. The molecule has 2 heteroatoms. The van der Waals surface area contributed by atoms with Crippen LogP contribution in [0.5, 0.6) is 0 Å². The van der Waals surface area contributed by atoms with E-state index in [2.05, 4.69) is 42.4 Å². The molecule has 1 aromatic carbocycles. The highest BCUT2D eigenvalue weighted by molar-refractivity contribution is 8.04. The Bertz CT molecular complexity index is 469. The Morgan fingerprint density at radius 2 is 1.93 bits per heavy atom. The number of hydrogen-bond donors (Lipinski definition) is 0. The standard InChI is InChI=1S/C13H10S2/c1-11-4-6-13(7-5-11)15-10-8-12-3-2-9-14-12/h2-7,9H,1H3. The van der Waals surface area contributed by atoms with E-state index < -0.39 is 0 Å². The third-order valence-corrected chi connectivity index (χ3v) is 3.38. The average molecular weight is 230 g/mol. The molecule has 0 fully saturated rings. The Kier molecular flexibility index (Phi) is 3.49. The zero-order valence-electron chi connectivity index (χ0n) is 8.36. The molecular formula is C13H10S2. The molecule has 0 radical (unpaired) electrons. The highest BCUT2D eigenvalue weighted by Gasteiger charge is 1.89. The Balaban J connectivity index is 2.01. The smallest absolute Gasteiger partial charge is 0.0777 e. The quantitative estimate of drug-likeness (QED) is 0.523. The fourth-order valence-electron chi connectivity index (χ4n) is 1.09. The van der Waals surface area contributed by atoms with Gasteiger partial charge in [-0.2, -0.15) is 0 Å². The van der Waals surface area contributed by atoms with Crippen LogP contribution in [0.2, 0.25) is 0 Å². The number of rotatable bonds is 1. The Hall–Kier alpha value is -1.17. The van der Waals surface area contributed by atoms with Crippen molar-refractivity contribution in [3.63, 3.8) is 0 Å². The molecule has 0 aliphatic carbocycles. The summed E-state index contributed by atoms with van der Waals surface area (Å²) in [6.45, 7) is 2.09. The van der Waals surface area contributed by atoms with E-state index in [1.54, 1.807) is 23.1 Å². The van der Waals surface area contributed by atoms with Gasteiger partial charge in [0.1, 0.15) is 0 Å². The van der Waals surface area contributed by atoms with Gasteiger partial charge in [-0.3, -0.25) is 0 Å². The summed E-state index contributed by atoms with van der Waals surface area (Å²) < 4.78 is 0. The SMILES string of the molecule is Cc1ccc(SC#Cc2cccs2)cc1. The highest BCUT2D eigenvalue weighted by Crippen LogP contribution is 2.17. The summed E-state index contributed by atoms with van der Waals surface area (Å²) in [6, 6.07) is 12.5. The molecule has 15 heavy (non-hydrogen) atoms. The maximum Gasteiger partial charge on any atom is 0.0777 e. The van der Waals surface area contributed by atoms with Gasteiger partial charge in [0, 0.05) is 4.90 Å². The summed E-state index contributed by atoms with van der Waals surface area (Å²) in [5, 5.41) is 5.14. The van der Waals surface area contributed by atoms with Gasteiger partial charge in [-0.05, 0) is 53.4 Å². The lowest BCUT2D eigenvalue weighted by atomic mass is 10.2. The van der Waals surface area contributed by atoms with Gasteiger partial charge in [0.05, 0.1) is 4.88 Å². The van der Waals surface area contributed by atoms with E-state index in [1.807, 2.05) is 17.5 Å².